The van der Waals surface area contributed by atoms with Crippen molar-refractivity contribution in [2.75, 3.05) is 42.0 Å². The lowest BCUT2D eigenvalue weighted by atomic mass is 9.62. The number of hydrogen-bond donors (Lipinski definition) is 2. The van der Waals surface area contributed by atoms with Crippen LogP contribution < -0.4 is 20.8 Å². The Morgan fingerprint density at radius 3 is 2.44 bits per heavy atom. The van der Waals surface area contributed by atoms with Crippen molar-refractivity contribution in [2.45, 2.75) is 32.6 Å². The van der Waals surface area contributed by atoms with E-state index in [0.29, 0.717) is 59.9 Å². The number of rotatable bonds is 7. The van der Waals surface area contributed by atoms with Crippen LogP contribution in [0.25, 0.3) is 0 Å². The second kappa shape index (κ2) is 10.2. The number of piperidine rings is 1. The third-order valence-corrected chi connectivity index (χ3v) is 9.38. The number of ketones is 1. The van der Waals surface area contributed by atoms with E-state index in [0.717, 1.165) is 18.4 Å². The van der Waals surface area contributed by atoms with Crippen LogP contribution in [0.15, 0.2) is 42.6 Å². The Hall–Kier alpha value is -3.49. The molecule has 1 aliphatic carbocycles. The number of carbonyl (C=O) groups is 1. The topological polar surface area (TPSA) is 130 Å². The first-order chi connectivity index (χ1) is 18.4. The Kier molecular flexibility index (Phi) is 7.11. The van der Waals surface area contributed by atoms with E-state index in [9.17, 15) is 19.5 Å². The molecule has 3 aromatic rings. The van der Waals surface area contributed by atoms with Crippen molar-refractivity contribution in [2.24, 2.45) is 5.41 Å². The zero-order chi connectivity index (χ0) is 27.9. The van der Waals surface area contributed by atoms with Gasteiger partial charge in [-0.25, -0.2) is 4.98 Å². The number of benzene rings is 2. The molecule has 1 spiro atoms. The van der Waals surface area contributed by atoms with Gasteiger partial charge in [-0.15, -0.1) is 0 Å². The average Bonchev–Trinajstić information content (AvgIpc) is 2.86. The van der Waals surface area contributed by atoms with Gasteiger partial charge in [-0.3, -0.25) is 14.9 Å². The lowest BCUT2D eigenvalue weighted by Gasteiger charge is -2.47. The zero-order valence-electron chi connectivity index (χ0n) is 22.0. The minimum absolute atomic E-state index is 0.00776. The molecular formula is C27H30ClN6O4P. The van der Waals surface area contributed by atoms with Crippen LogP contribution in [0.4, 0.5) is 34.5 Å². The van der Waals surface area contributed by atoms with Crippen LogP contribution in [0, 0.1) is 22.5 Å². The smallest absolute Gasteiger partial charge is 0.294 e. The van der Waals surface area contributed by atoms with Gasteiger partial charge in [0.1, 0.15) is 23.6 Å². The van der Waals surface area contributed by atoms with Crippen molar-refractivity contribution in [1.29, 1.82) is 0 Å². The molecule has 0 bridgehead atoms. The van der Waals surface area contributed by atoms with Crippen LogP contribution in [-0.4, -0.2) is 47.1 Å². The number of anilines is 5. The van der Waals surface area contributed by atoms with Crippen molar-refractivity contribution in [3.8, 4) is 0 Å². The van der Waals surface area contributed by atoms with Crippen molar-refractivity contribution in [3.63, 3.8) is 0 Å². The summed E-state index contributed by atoms with van der Waals surface area (Å²) in [5.41, 5.74) is 2.58. The second-order valence-corrected chi connectivity index (χ2v) is 14.4. The Balaban J connectivity index is 1.39. The number of hydrogen-bond acceptors (Lipinski definition) is 9. The molecule has 1 aromatic heterocycles. The summed E-state index contributed by atoms with van der Waals surface area (Å²) in [4.78, 5) is 34.0. The average molecular weight is 569 g/mol. The van der Waals surface area contributed by atoms with Crippen molar-refractivity contribution < 1.29 is 14.3 Å². The minimum atomic E-state index is -2.57. The maximum atomic E-state index is 12.8. The van der Waals surface area contributed by atoms with Crippen LogP contribution in [0.5, 0.6) is 0 Å². The van der Waals surface area contributed by atoms with E-state index in [2.05, 4.69) is 20.6 Å². The molecule has 2 aromatic carbocycles. The molecule has 2 heterocycles. The summed E-state index contributed by atoms with van der Waals surface area (Å²) in [5.74, 6) is 0.828. The molecule has 12 heteroatoms. The summed E-state index contributed by atoms with van der Waals surface area (Å²) in [6, 6.07) is 10.6. The zero-order valence-corrected chi connectivity index (χ0v) is 23.7. The molecule has 2 N–H and O–H groups in total. The number of aryl methyl sites for hydroxylation is 1. The predicted octanol–water partition coefficient (Wildman–Crippen LogP) is 6.03. The number of nitrogens with zero attached hydrogens (tertiary/aromatic N) is 4. The maximum absolute atomic E-state index is 12.8. The Labute approximate surface area is 231 Å². The van der Waals surface area contributed by atoms with Gasteiger partial charge >= 0.3 is 0 Å². The number of para-hydroxylation sites is 1. The quantitative estimate of drug-likeness (QED) is 0.199. The normalized spacial score (nSPS) is 16.6. The van der Waals surface area contributed by atoms with E-state index < -0.39 is 7.14 Å². The van der Waals surface area contributed by atoms with E-state index in [1.165, 1.54) is 12.3 Å². The van der Waals surface area contributed by atoms with Gasteiger partial charge in [0, 0.05) is 37.3 Å². The molecule has 0 amide bonds. The third kappa shape index (κ3) is 5.63. The Morgan fingerprint density at radius 2 is 1.79 bits per heavy atom. The number of nitro benzene ring substituents is 1. The van der Waals surface area contributed by atoms with Crippen LogP contribution >= 0.6 is 18.7 Å². The van der Waals surface area contributed by atoms with Crippen LogP contribution in [-0.2, 0) is 9.36 Å². The molecule has 0 unspecified atom stereocenters. The fourth-order valence-corrected chi connectivity index (χ4v) is 6.68. The number of aromatic nitrogens is 2. The summed E-state index contributed by atoms with van der Waals surface area (Å²) in [6.07, 6.45) is 4.41. The Morgan fingerprint density at radius 1 is 1.10 bits per heavy atom. The molecule has 2 fully saturated rings. The van der Waals surface area contributed by atoms with E-state index in [1.54, 1.807) is 25.5 Å². The number of carbonyl (C=O) groups excluding carboxylic acids is 1. The first kappa shape index (κ1) is 27.1. The molecule has 1 saturated carbocycles. The van der Waals surface area contributed by atoms with Gasteiger partial charge in [0.15, 0.2) is 5.82 Å². The van der Waals surface area contributed by atoms with Gasteiger partial charge in [0.25, 0.3) is 5.69 Å². The highest BCUT2D eigenvalue weighted by molar-refractivity contribution is 7.70. The third-order valence-electron chi connectivity index (χ3n) is 7.56. The summed E-state index contributed by atoms with van der Waals surface area (Å²) in [7, 11) is -2.57. The molecule has 2 aliphatic rings. The number of nitrogens with one attached hydrogen (secondary N) is 2. The molecule has 39 heavy (non-hydrogen) atoms. The van der Waals surface area contributed by atoms with Gasteiger partial charge in [-0.1, -0.05) is 23.7 Å². The molecule has 0 radical (unpaired) electrons. The molecular weight excluding hydrogens is 539 g/mol. The Bertz CT molecular complexity index is 1510. The molecule has 5 rings (SSSR count). The lowest BCUT2D eigenvalue weighted by Crippen LogP contribution is -2.47. The number of halogens is 1. The largest absolute Gasteiger partial charge is 0.366 e. The van der Waals surface area contributed by atoms with E-state index in [-0.39, 0.29) is 27.0 Å². The second-order valence-electron chi connectivity index (χ2n) is 10.8. The van der Waals surface area contributed by atoms with Gasteiger partial charge in [0.2, 0.25) is 5.95 Å². The molecule has 10 nitrogen and oxygen atoms in total. The van der Waals surface area contributed by atoms with E-state index in [1.807, 2.05) is 30.0 Å². The SMILES string of the molecule is Cc1cc(N2CCC3(CC2)CC(=O)C3)c([N+](=O)[O-])cc1Nc1ncc(Cl)c(Nc2ccccc2P(C)(C)=O)n1. The van der Waals surface area contributed by atoms with Crippen molar-refractivity contribution >= 4 is 64.3 Å². The summed E-state index contributed by atoms with van der Waals surface area (Å²) < 4.78 is 12.8. The van der Waals surface area contributed by atoms with E-state index >= 15 is 0 Å². The van der Waals surface area contributed by atoms with Crippen molar-refractivity contribution in [1.82, 2.24) is 9.97 Å². The van der Waals surface area contributed by atoms with Gasteiger partial charge in [-0.05, 0) is 62.3 Å². The minimum Gasteiger partial charge on any atom is -0.366 e. The van der Waals surface area contributed by atoms with E-state index in [4.69, 9.17) is 11.6 Å². The van der Waals surface area contributed by atoms with Gasteiger partial charge in [-0.2, -0.15) is 4.98 Å². The monoisotopic (exact) mass is 568 g/mol. The van der Waals surface area contributed by atoms with Gasteiger partial charge < -0.3 is 20.1 Å². The fourth-order valence-electron chi connectivity index (χ4n) is 5.39. The summed E-state index contributed by atoms with van der Waals surface area (Å²) in [5, 5.41) is 19.3. The molecule has 1 saturated heterocycles. The highest BCUT2D eigenvalue weighted by Gasteiger charge is 2.45. The molecule has 204 valence electrons. The summed E-state index contributed by atoms with van der Waals surface area (Å²) in [6.45, 7) is 6.62. The number of nitro groups is 1. The highest BCUT2D eigenvalue weighted by atomic mass is 35.5. The maximum Gasteiger partial charge on any atom is 0.294 e. The van der Waals surface area contributed by atoms with Gasteiger partial charge in [0.05, 0.1) is 22.5 Å². The standard InChI is InChI=1S/C27H30ClN6O4P/c1-17-12-22(33-10-8-27(9-11-33)14-18(35)15-27)23(34(36)37)13-21(17)31-26-29-16-19(28)25(32-26)30-20-6-4-5-7-24(20)39(2,3)38/h4-7,12-13,16H,8-11,14-15H2,1-3H3,(H2,29,30,31,32). The van der Waals surface area contributed by atoms with Crippen LogP contribution in [0.1, 0.15) is 31.2 Å². The lowest BCUT2D eigenvalue weighted by molar-refractivity contribution is -0.384. The predicted molar refractivity (Wildman–Crippen MR) is 155 cm³/mol. The molecule has 0 atom stereocenters. The van der Waals surface area contributed by atoms with Crippen LogP contribution in [0.2, 0.25) is 5.02 Å². The first-order valence-electron chi connectivity index (χ1n) is 12.7. The summed E-state index contributed by atoms with van der Waals surface area (Å²) >= 11 is 6.37. The van der Waals surface area contributed by atoms with Crippen LogP contribution in [0.3, 0.4) is 0 Å². The molecule has 1 aliphatic heterocycles. The van der Waals surface area contributed by atoms with Crippen molar-refractivity contribution in [3.05, 3.63) is 63.3 Å². The fraction of sp³-hybridized carbons (Fsp3) is 0.370. The first-order valence-corrected chi connectivity index (χ1v) is 15.7. The highest BCUT2D eigenvalue weighted by Crippen LogP contribution is 2.48. The number of Topliss-reactive ketones (excluding diaryl/α,β-unsaturated/α-hetero) is 1.